The molecule has 3 N–H and O–H groups in total. The molecule has 7 nitrogen and oxygen atoms in total. The molecule has 0 aliphatic carbocycles. The molecular weight excluding hydrogens is 190 g/mol. The highest BCUT2D eigenvalue weighted by Gasteiger charge is 2.48. The van der Waals surface area contributed by atoms with Crippen LogP contribution in [0.4, 0.5) is 0 Å². The SMILES string of the molecule is O=C1NC(=O)C(S(=O)(=O)O)C1O. The van der Waals surface area contributed by atoms with Crippen LogP contribution in [0.2, 0.25) is 0 Å². The van der Waals surface area contributed by atoms with E-state index in [2.05, 4.69) is 0 Å². The van der Waals surface area contributed by atoms with E-state index in [0.717, 1.165) is 0 Å². The van der Waals surface area contributed by atoms with E-state index in [1.54, 1.807) is 5.32 Å². The van der Waals surface area contributed by atoms with Gasteiger partial charge in [-0.05, 0) is 0 Å². The number of nitrogens with one attached hydrogen (secondary N) is 1. The Morgan fingerprint density at radius 1 is 1.25 bits per heavy atom. The van der Waals surface area contributed by atoms with Gasteiger partial charge >= 0.3 is 0 Å². The maximum atomic E-state index is 10.6. The molecule has 1 heterocycles. The Hall–Kier alpha value is -0.990. The Kier molecular flexibility index (Phi) is 1.90. The highest BCUT2D eigenvalue weighted by atomic mass is 32.2. The van der Waals surface area contributed by atoms with Crippen molar-refractivity contribution < 1.29 is 27.7 Å². The van der Waals surface area contributed by atoms with Gasteiger partial charge in [-0.25, -0.2) is 0 Å². The lowest BCUT2D eigenvalue weighted by Gasteiger charge is -2.04. The zero-order valence-corrected chi connectivity index (χ0v) is 6.41. The minimum Gasteiger partial charge on any atom is -0.381 e. The summed E-state index contributed by atoms with van der Waals surface area (Å²) in [6.07, 6.45) is -2.02. The second kappa shape index (κ2) is 2.51. The highest BCUT2D eigenvalue weighted by Crippen LogP contribution is 2.11. The first kappa shape index (κ1) is 9.10. The van der Waals surface area contributed by atoms with Crippen molar-refractivity contribution >= 4 is 21.9 Å². The molecule has 1 aliphatic rings. The number of hydrogen-bond acceptors (Lipinski definition) is 5. The van der Waals surface area contributed by atoms with E-state index in [-0.39, 0.29) is 0 Å². The van der Waals surface area contributed by atoms with Gasteiger partial charge in [-0.3, -0.25) is 19.5 Å². The number of amides is 2. The Morgan fingerprint density at radius 3 is 1.92 bits per heavy atom. The molecule has 0 spiro atoms. The molecule has 2 unspecified atom stereocenters. The van der Waals surface area contributed by atoms with Crippen LogP contribution in [0.5, 0.6) is 0 Å². The average Bonchev–Trinajstić information content (AvgIpc) is 2.05. The fraction of sp³-hybridized carbons (Fsp3) is 0.500. The second-order valence-corrected chi connectivity index (χ2v) is 3.77. The second-order valence-electron chi connectivity index (χ2n) is 2.23. The standard InChI is InChI=1S/C4H5NO6S/c6-1-2(12(9,10)11)4(8)5-3(1)7/h1-2,6H,(H,5,7,8)(H,9,10,11). The summed E-state index contributed by atoms with van der Waals surface area (Å²) >= 11 is 0. The van der Waals surface area contributed by atoms with E-state index in [1.165, 1.54) is 0 Å². The van der Waals surface area contributed by atoms with Gasteiger partial charge in [0.1, 0.15) is 0 Å². The largest absolute Gasteiger partial charge is 0.381 e. The number of carbonyl (C=O) groups is 2. The first-order valence-electron chi connectivity index (χ1n) is 2.83. The van der Waals surface area contributed by atoms with E-state index in [1.807, 2.05) is 0 Å². The fourth-order valence-corrected chi connectivity index (χ4v) is 1.62. The third-order valence-corrected chi connectivity index (χ3v) is 2.49. The molecule has 0 radical (unpaired) electrons. The van der Waals surface area contributed by atoms with E-state index in [4.69, 9.17) is 9.66 Å². The molecule has 1 fully saturated rings. The monoisotopic (exact) mass is 195 g/mol. The van der Waals surface area contributed by atoms with Crippen molar-refractivity contribution in [1.82, 2.24) is 5.32 Å². The molecule has 2 amide bonds. The molecule has 8 heteroatoms. The fourth-order valence-electron chi connectivity index (χ4n) is 0.846. The number of aliphatic hydroxyl groups is 1. The van der Waals surface area contributed by atoms with Crippen molar-refractivity contribution in [3.05, 3.63) is 0 Å². The summed E-state index contributed by atoms with van der Waals surface area (Å²) in [5, 5.41) is 8.25. The summed E-state index contributed by atoms with van der Waals surface area (Å²) in [5.41, 5.74) is 0. The quantitative estimate of drug-likeness (QED) is 0.308. The Morgan fingerprint density at radius 2 is 1.75 bits per heavy atom. The van der Waals surface area contributed by atoms with Gasteiger partial charge in [0.05, 0.1) is 0 Å². The van der Waals surface area contributed by atoms with Crippen LogP contribution in [0.25, 0.3) is 0 Å². The number of aliphatic hydroxyl groups excluding tert-OH is 1. The zero-order chi connectivity index (χ0) is 9.52. The van der Waals surface area contributed by atoms with Crippen LogP contribution in [0, 0.1) is 0 Å². The van der Waals surface area contributed by atoms with Crippen LogP contribution in [0.1, 0.15) is 0 Å². The van der Waals surface area contributed by atoms with Gasteiger partial charge in [0.15, 0.2) is 11.4 Å². The maximum absolute atomic E-state index is 10.6. The molecule has 0 aromatic carbocycles. The van der Waals surface area contributed by atoms with Gasteiger partial charge in [-0.2, -0.15) is 8.42 Å². The predicted octanol–water partition coefficient (Wildman–Crippen LogP) is -2.74. The summed E-state index contributed by atoms with van der Waals surface area (Å²) in [4.78, 5) is 21.1. The van der Waals surface area contributed by atoms with Gasteiger partial charge in [0, 0.05) is 0 Å². The highest BCUT2D eigenvalue weighted by molar-refractivity contribution is 7.87. The molecule has 1 aliphatic heterocycles. The molecule has 0 aromatic heterocycles. The van der Waals surface area contributed by atoms with Crippen LogP contribution in [-0.4, -0.2) is 41.2 Å². The summed E-state index contributed by atoms with van der Waals surface area (Å²) in [6, 6.07) is 0. The van der Waals surface area contributed by atoms with Crippen molar-refractivity contribution in [2.75, 3.05) is 0 Å². The summed E-state index contributed by atoms with van der Waals surface area (Å²) in [6.45, 7) is 0. The van der Waals surface area contributed by atoms with E-state index in [9.17, 15) is 18.0 Å². The first-order valence-corrected chi connectivity index (χ1v) is 4.33. The molecular formula is C4H5NO6S. The molecule has 1 rings (SSSR count). The molecule has 0 bridgehead atoms. The number of imide groups is 1. The van der Waals surface area contributed by atoms with E-state index in [0.29, 0.717) is 0 Å². The van der Waals surface area contributed by atoms with Gasteiger partial charge < -0.3 is 5.11 Å². The van der Waals surface area contributed by atoms with Crippen molar-refractivity contribution in [3.8, 4) is 0 Å². The van der Waals surface area contributed by atoms with Crippen LogP contribution in [-0.2, 0) is 19.7 Å². The minimum atomic E-state index is -4.72. The Balaban J connectivity index is 3.08. The summed E-state index contributed by atoms with van der Waals surface area (Å²) < 4.78 is 29.1. The number of rotatable bonds is 1. The van der Waals surface area contributed by atoms with Crippen LogP contribution in [0.3, 0.4) is 0 Å². The molecule has 0 aromatic rings. The maximum Gasteiger partial charge on any atom is 0.280 e. The lowest BCUT2D eigenvalue weighted by atomic mass is 10.3. The molecule has 1 saturated heterocycles. The average molecular weight is 195 g/mol. The molecule has 0 saturated carbocycles. The third kappa shape index (κ3) is 1.31. The van der Waals surface area contributed by atoms with Crippen molar-refractivity contribution in [2.45, 2.75) is 11.4 Å². The smallest absolute Gasteiger partial charge is 0.280 e. The van der Waals surface area contributed by atoms with Crippen molar-refractivity contribution in [1.29, 1.82) is 0 Å². The number of carbonyl (C=O) groups excluding carboxylic acids is 2. The van der Waals surface area contributed by atoms with Gasteiger partial charge in [-0.1, -0.05) is 0 Å². The lowest BCUT2D eigenvalue weighted by molar-refractivity contribution is -0.127. The third-order valence-electron chi connectivity index (χ3n) is 1.38. The van der Waals surface area contributed by atoms with Crippen molar-refractivity contribution in [2.24, 2.45) is 0 Å². The van der Waals surface area contributed by atoms with Gasteiger partial charge in [-0.15, -0.1) is 0 Å². The topological polar surface area (TPSA) is 121 Å². The molecule has 2 atom stereocenters. The summed E-state index contributed by atoms with van der Waals surface area (Å²) in [7, 11) is -4.72. The van der Waals surface area contributed by atoms with Gasteiger partial charge in [0.25, 0.3) is 21.9 Å². The normalized spacial score (nSPS) is 30.5. The predicted molar refractivity (Wildman–Crippen MR) is 34.5 cm³/mol. The summed E-state index contributed by atoms with van der Waals surface area (Å²) in [5.74, 6) is -2.34. The van der Waals surface area contributed by atoms with Gasteiger partial charge in [0.2, 0.25) is 0 Å². The van der Waals surface area contributed by atoms with Crippen molar-refractivity contribution in [3.63, 3.8) is 0 Å². The minimum absolute atomic E-state index is 1.12. The van der Waals surface area contributed by atoms with Crippen LogP contribution in [0.15, 0.2) is 0 Å². The molecule has 12 heavy (non-hydrogen) atoms. The van der Waals surface area contributed by atoms with E-state index >= 15 is 0 Å². The Bertz CT molecular complexity index is 331. The van der Waals surface area contributed by atoms with Crippen LogP contribution >= 0.6 is 0 Å². The van der Waals surface area contributed by atoms with E-state index < -0.39 is 33.3 Å². The first-order chi connectivity index (χ1) is 5.34. The number of hydrogen-bond donors (Lipinski definition) is 3. The van der Waals surface area contributed by atoms with Crippen LogP contribution < -0.4 is 5.32 Å². The zero-order valence-electron chi connectivity index (χ0n) is 5.59. The lowest BCUT2D eigenvalue weighted by Crippen LogP contribution is -2.36. The Labute approximate surface area is 67.1 Å². The molecule has 68 valence electrons.